The van der Waals surface area contributed by atoms with E-state index in [0.29, 0.717) is 0 Å². The molecule has 8 aromatic rings. The van der Waals surface area contributed by atoms with Gasteiger partial charge in [-0.05, 0) is 225 Å². The van der Waals surface area contributed by atoms with Crippen molar-refractivity contribution < 1.29 is 36.0 Å². The van der Waals surface area contributed by atoms with Gasteiger partial charge in [0.15, 0.2) is 0 Å². The maximum absolute atomic E-state index is 5.71. The van der Waals surface area contributed by atoms with Crippen molar-refractivity contribution in [1.29, 1.82) is 0 Å². The largest absolute Gasteiger partial charge is 0.496 e. The normalized spacial score (nSPS) is 12.1. The Morgan fingerprint density at radius 2 is 0.795 bits per heavy atom. The van der Waals surface area contributed by atoms with E-state index in [1.807, 2.05) is 0 Å². The number of hydrogen-bond acceptors (Lipinski definition) is 6. The summed E-state index contributed by atoms with van der Waals surface area (Å²) < 4.78 is 22.8. The van der Waals surface area contributed by atoms with Gasteiger partial charge in [0.05, 0.1) is 28.4 Å². The van der Waals surface area contributed by atoms with Crippen LogP contribution in [0.2, 0.25) is 0 Å². The predicted molar refractivity (Wildman–Crippen MR) is 310 cm³/mol. The minimum atomic E-state index is -0.815. The van der Waals surface area contributed by atoms with E-state index in [1.165, 1.54) is 98.6 Å². The van der Waals surface area contributed by atoms with Crippen LogP contribution in [0.5, 0.6) is 23.0 Å². The van der Waals surface area contributed by atoms with Crippen LogP contribution in [-0.4, -0.2) is 66.4 Å². The van der Waals surface area contributed by atoms with E-state index in [1.54, 1.807) is 28.4 Å². The fraction of sp³-hybridized carbons (Fsp3) is 0.281. The van der Waals surface area contributed by atoms with E-state index >= 15 is 0 Å². The molecule has 8 rings (SSSR count). The van der Waals surface area contributed by atoms with Gasteiger partial charge in [0, 0.05) is 29.2 Å². The van der Waals surface area contributed by atoms with Gasteiger partial charge in [-0.1, -0.05) is 60.7 Å². The summed E-state index contributed by atoms with van der Waals surface area (Å²) in [6, 6.07) is 54.1. The summed E-state index contributed by atoms with van der Waals surface area (Å²) >= 11 is 0. The molecule has 0 aliphatic heterocycles. The smallest absolute Gasteiger partial charge is 0.124 e. The molecular weight excluding hydrogens is 979 g/mol. The number of aryl methyl sites for hydroxylation is 8. The Morgan fingerprint density at radius 3 is 1.14 bits per heavy atom. The van der Waals surface area contributed by atoms with Crippen molar-refractivity contribution in [2.45, 2.75) is 67.5 Å². The van der Waals surface area contributed by atoms with Gasteiger partial charge in [0.25, 0.3) is 0 Å². The van der Waals surface area contributed by atoms with Crippen LogP contribution in [-0.2, 0) is 17.1 Å². The Morgan fingerprint density at radius 1 is 0.438 bits per heavy atom. The van der Waals surface area contributed by atoms with E-state index in [9.17, 15) is 0 Å². The van der Waals surface area contributed by atoms with Crippen molar-refractivity contribution in [3.05, 3.63) is 212 Å². The summed E-state index contributed by atoms with van der Waals surface area (Å²) in [5.74, 6) is 3.87. The zero-order valence-corrected chi connectivity index (χ0v) is 48.7. The number of hydrogen-bond donors (Lipinski definition) is 0. The van der Waals surface area contributed by atoms with Crippen molar-refractivity contribution >= 4 is 47.7 Å². The zero-order valence-electron chi connectivity index (χ0n) is 45.8. The Bertz CT molecular complexity index is 2680. The van der Waals surface area contributed by atoms with E-state index in [4.69, 9.17) is 18.9 Å². The van der Waals surface area contributed by atoms with Crippen LogP contribution >= 0.6 is 15.8 Å². The van der Waals surface area contributed by atoms with Gasteiger partial charge in [-0.2, -0.15) is 23.8 Å². The van der Waals surface area contributed by atoms with E-state index in [2.05, 4.69) is 239 Å². The van der Waals surface area contributed by atoms with Crippen molar-refractivity contribution in [1.82, 2.24) is 9.80 Å². The summed E-state index contributed by atoms with van der Waals surface area (Å²) in [4.78, 5) is 4.63. The summed E-state index contributed by atoms with van der Waals surface area (Å²) in [6.07, 6.45) is 0. The molecule has 0 aliphatic rings. The summed E-state index contributed by atoms with van der Waals surface area (Å²) in [7, 11) is 14.1. The molecule has 0 fully saturated rings. The second kappa shape index (κ2) is 25.2. The average molecular weight is 1050 g/mol. The molecule has 384 valence electrons. The molecule has 73 heavy (non-hydrogen) atoms. The summed E-state index contributed by atoms with van der Waals surface area (Å²) in [5, 5.41) is 8.12. The second-order valence-corrected chi connectivity index (χ2v) is 23.8. The Labute approximate surface area is 450 Å². The fourth-order valence-corrected chi connectivity index (χ4v) is 16.5. The van der Waals surface area contributed by atoms with Gasteiger partial charge in [-0.15, -0.1) is 16.2 Å². The minimum Gasteiger partial charge on any atom is -0.496 e. The van der Waals surface area contributed by atoms with Gasteiger partial charge in [-0.25, -0.2) is 18.2 Å². The maximum atomic E-state index is 5.71. The van der Waals surface area contributed by atoms with Crippen molar-refractivity contribution in [2.75, 3.05) is 56.6 Å². The molecule has 9 heteroatoms. The second-order valence-electron chi connectivity index (χ2n) is 19.4. The molecule has 6 nitrogen and oxygen atoms in total. The summed E-state index contributed by atoms with van der Waals surface area (Å²) in [6.45, 7) is 17.2. The minimum absolute atomic E-state index is 0. The van der Waals surface area contributed by atoms with Crippen LogP contribution in [0.4, 0.5) is 0 Å². The van der Waals surface area contributed by atoms with Crippen molar-refractivity contribution in [3.8, 4) is 23.0 Å². The Kier molecular flexibility index (Phi) is 19.6. The zero-order chi connectivity index (χ0) is 52.0. The van der Waals surface area contributed by atoms with Crippen LogP contribution in [0, 0.1) is 55.4 Å². The molecule has 0 amide bonds. The standard InChI is InChI=1S/2C32H37NO2P.Fe/c2*1-21-17-26(18-22(2)31(21)34-7)36(27-19-23(3)32(35-8)24(4)20-27)29-16-12-15-28(29)30(33(5)6)25-13-10-9-11-14-25;/h2*9-20,30H,1-8H3;/q2*-1;/t2*30-;/m00./s1. The SMILES string of the molecule is COc1c(C)cc(P(c2cc(C)c(OC)c(C)c2)c2[cH-]ccc2[C@H](c2ccccc2)N(C)C)cc1C.COc1c(C)cc(P(c2cc(C)c(OC)c(C)c2)c2ccc[c-]2[C@H](c2ccccc2)N(C)C)cc1C.[Fe]. The van der Waals surface area contributed by atoms with Crippen LogP contribution < -0.4 is 50.8 Å². The molecule has 2 atom stereocenters. The summed E-state index contributed by atoms with van der Waals surface area (Å²) in [5.41, 5.74) is 14.7. The maximum Gasteiger partial charge on any atom is 0.124 e. The number of rotatable bonds is 16. The van der Waals surface area contributed by atoms with E-state index in [-0.39, 0.29) is 29.2 Å². The van der Waals surface area contributed by atoms with E-state index in [0.717, 1.165) is 23.0 Å². The average Bonchev–Trinajstić information content (AvgIpc) is 4.00. The number of ether oxygens (including phenoxy) is 4. The van der Waals surface area contributed by atoms with Crippen molar-refractivity contribution in [2.24, 2.45) is 0 Å². The number of nitrogens with zero attached hydrogens (tertiary/aromatic N) is 2. The number of methoxy groups -OCH3 is 4. The van der Waals surface area contributed by atoms with Gasteiger partial charge in [0.2, 0.25) is 0 Å². The molecule has 0 saturated heterocycles. The van der Waals surface area contributed by atoms with Gasteiger partial charge < -0.3 is 28.7 Å². The first-order chi connectivity index (χ1) is 34.5. The fourth-order valence-electron chi connectivity index (χ4n) is 10.9. The van der Waals surface area contributed by atoms with E-state index < -0.39 is 15.8 Å². The molecule has 0 N–H and O–H groups in total. The molecule has 0 radical (unpaired) electrons. The Hall–Kier alpha value is -5.48. The molecule has 8 aromatic carbocycles. The molecule has 0 spiro atoms. The van der Waals surface area contributed by atoms with Gasteiger partial charge >= 0.3 is 0 Å². The quantitative estimate of drug-likeness (QED) is 0.0546. The molecule has 0 bridgehead atoms. The van der Waals surface area contributed by atoms with Gasteiger partial charge in [0.1, 0.15) is 23.0 Å². The molecule has 0 aromatic heterocycles. The third kappa shape index (κ3) is 12.2. The first-order valence-electron chi connectivity index (χ1n) is 24.7. The van der Waals surface area contributed by atoms with Gasteiger partial charge in [-0.3, -0.25) is 0 Å². The monoisotopic (exact) mass is 1050 g/mol. The topological polar surface area (TPSA) is 43.4 Å². The molecule has 0 aliphatic carbocycles. The molecular formula is C64H74FeN2O4P2-2. The third-order valence-corrected chi connectivity index (χ3v) is 18.5. The third-order valence-electron chi connectivity index (χ3n) is 13.6. The Balaban J connectivity index is 0.000000235. The number of benzene rings is 6. The first-order valence-corrected chi connectivity index (χ1v) is 27.4. The molecule has 0 unspecified atom stereocenters. The predicted octanol–water partition coefficient (Wildman–Crippen LogP) is 12.1. The first kappa shape index (κ1) is 56.8. The molecule has 0 saturated carbocycles. The van der Waals surface area contributed by atoms with Crippen LogP contribution in [0.1, 0.15) is 78.8 Å². The van der Waals surface area contributed by atoms with Crippen molar-refractivity contribution in [3.63, 3.8) is 0 Å². The molecule has 0 heterocycles. The van der Waals surface area contributed by atoms with Crippen LogP contribution in [0.25, 0.3) is 0 Å². The van der Waals surface area contributed by atoms with Crippen LogP contribution in [0.3, 0.4) is 0 Å². The van der Waals surface area contributed by atoms with Crippen LogP contribution in [0.15, 0.2) is 146 Å².